The maximum atomic E-state index is 13.4. The number of benzene rings is 2. The Balaban J connectivity index is 2.22. The number of hydrogen-bond acceptors (Lipinski definition) is 7. The lowest BCUT2D eigenvalue weighted by Crippen LogP contribution is -2.26. The van der Waals surface area contributed by atoms with Gasteiger partial charge < -0.3 is 4.74 Å². The molecule has 0 aliphatic rings. The van der Waals surface area contributed by atoms with Crippen molar-refractivity contribution in [2.45, 2.75) is 43.0 Å². The third-order valence-corrected chi connectivity index (χ3v) is 6.62. The van der Waals surface area contributed by atoms with E-state index in [1.165, 1.54) is 29.8 Å². The number of rotatable bonds is 5. The van der Waals surface area contributed by atoms with Gasteiger partial charge in [-0.2, -0.15) is 5.10 Å². The summed E-state index contributed by atoms with van der Waals surface area (Å²) in [5.41, 5.74) is -1.59. The zero-order valence-corrected chi connectivity index (χ0v) is 19.3. The van der Waals surface area contributed by atoms with Gasteiger partial charge in [0.15, 0.2) is 4.90 Å². The molecule has 2 aromatic carbocycles. The summed E-state index contributed by atoms with van der Waals surface area (Å²) >= 11 is 5.92. The topological polar surface area (TPSA) is 121 Å². The van der Waals surface area contributed by atoms with Crippen molar-refractivity contribution in [3.63, 3.8) is 0 Å². The number of hydrogen-bond donors (Lipinski definition) is 0. The maximum Gasteiger partial charge on any atom is 0.351 e. The second-order valence-corrected chi connectivity index (χ2v) is 10.2. The van der Waals surface area contributed by atoms with Crippen LogP contribution in [0.25, 0.3) is 0 Å². The van der Waals surface area contributed by atoms with Crippen molar-refractivity contribution < 1.29 is 22.9 Å². The lowest BCUT2D eigenvalue weighted by molar-refractivity contribution is -0.385. The number of nitro groups is 1. The first-order valence-corrected chi connectivity index (χ1v) is 11.3. The Morgan fingerprint density at radius 1 is 1.16 bits per heavy atom. The Kier molecular flexibility index (Phi) is 6.12. The van der Waals surface area contributed by atoms with E-state index in [9.17, 15) is 23.3 Å². The molecule has 0 aliphatic carbocycles. The second kappa shape index (κ2) is 8.36. The van der Waals surface area contributed by atoms with Gasteiger partial charge >= 0.3 is 5.97 Å². The average Bonchev–Trinajstić information content (AvgIpc) is 3.05. The summed E-state index contributed by atoms with van der Waals surface area (Å²) in [6, 6.07) is 11.1. The van der Waals surface area contributed by atoms with Crippen LogP contribution in [-0.4, -0.2) is 29.1 Å². The summed E-state index contributed by atoms with van der Waals surface area (Å²) < 4.78 is 33.5. The van der Waals surface area contributed by atoms with E-state index < -0.39 is 37.5 Å². The highest BCUT2D eigenvalue weighted by atomic mass is 35.5. The standard InChI is InChI=1S/C21H20ClN3O6S/c1-13-18(32(29,30)15-8-6-5-7-9-15)19(24(23-13)21(2,3)4)31-20(26)16-12-14(22)10-11-17(16)25(27)28/h5-12H,1-4H3. The molecule has 0 saturated carbocycles. The van der Waals surface area contributed by atoms with Gasteiger partial charge in [0, 0.05) is 11.1 Å². The van der Waals surface area contributed by atoms with Crippen LogP contribution in [0.2, 0.25) is 5.02 Å². The minimum Gasteiger partial charge on any atom is -0.402 e. The van der Waals surface area contributed by atoms with Gasteiger partial charge in [-0.25, -0.2) is 17.9 Å². The van der Waals surface area contributed by atoms with E-state index in [-0.39, 0.29) is 26.4 Å². The molecule has 168 valence electrons. The third kappa shape index (κ3) is 4.37. The number of halogens is 1. The van der Waals surface area contributed by atoms with Gasteiger partial charge in [-0.1, -0.05) is 29.8 Å². The van der Waals surface area contributed by atoms with Crippen LogP contribution >= 0.6 is 11.6 Å². The lowest BCUT2D eigenvalue weighted by atomic mass is 10.1. The van der Waals surface area contributed by atoms with Crippen molar-refractivity contribution in [3.8, 4) is 5.88 Å². The Morgan fingerprint density at radius 2 is 1.78 bits per heavy atom. The molecule has 9 nitrogen and oxygen atoms in total. The molecule has 32 heavy (non-hydrogen) atoms. The van der Waals surface area contributed by atoms with Crippen LogP contribution in [-0.2, 0) is 15.4 Å². The van der Waals surface area contributed by atoms with Crippen molar-refractivity contribution in [1.29, 1.82) is 0 Å². The molecule has 1 heterocycles. The predicted molar refractivity (Wildman–Crippen MR) is 117 cm³/mol. The molecular weight excluding hydrogens is 458 g/mol. The monoisotopic (exact) mass is 477 g/mol. The lowest BCUT2D eigenvalue weighted by Gasteiger charge is -2.22. The van der Waals surface area contributed by atoms with Gasteiger partial charge in [0.25, 0.3) is 5.69 Å². The molecule has 3 rings (SSSR count). The van der Waals surface area contributed by atoms with Crippen molar-refractivity contribution in [3.05, 3.63) is 74.9 Å². The quantitative estimate of drug-likeness (QED) is 0.300. The fourth-order valence-corrected chi connectivity index (χ4v) is 4.75. The van der Waals surface area contributed by atoms with Crippen LogP contribution in [0.3, 0.4) is 0 Å². The van der Waals surface area contributed by atoms with Gasteiger partial charge in [0.05, 0.1) is 21.1 Å². The first-order valence-electron chi connectivity index (χ1n) is 9.40. The Hall–Kier alpha value is -3.24. The van der Waals surface area contributed by atoms with Gasteiger partial charge in [-0.3, -0.25) is 10.1 Å². The summed E-state index contributed by atoms with van der Waals surface area (Å²) in [5, 5.41) is 15.8. The zero-order chi connectivity index (χ0) is 23.8. The Labute approximate surface area is 189 Å². The molecule has 3 aromatic rings. The third-order valence-electron chi connectivity index (χ3n) is 4.49. The van der Waals surface area contributed by atoms with E-state index in [1.807, 2.05) is 0 Å². The highest BCUT2D eigenvalue weighted by Crippen LogP contribution is 2.36. The van der Waals surface area contributed by atoms with Crippen molar-refractivity contribution >= 4 is 33.1 Å². The molecule has 0 spiro atoms. The number of carbonyl (C=O) groups is 1. The molecule has 0 aliphatic heterocycles. The second-order valence-electron chi connectivity index (χ2n) is 7.93. The van der Waals surface area contributed by atoms with Crippen molar-refractivity contribution in [2.24, 2.45) is 0 Å². The zero-order valence-electron chi connectivity index (χ0n) is 17.7. The van der Waals surface area contributed by atoms with Crippen LogP contribution < -0.4 is 4.74 Å². The summed E-state index contributed by atoms with van der Waals surface area (Å²) in [6.45, 7) is 6.73. The number of esters is 1. The molecule has 0 atom stereocenters. The summed E-state index contributed by atoms with van der Waals surface area (Å²) in [6.07, 6.45) is 0. The van der Waals surface area contributed by atoms with Gasteiger partial charge in [0.2, 0.25) is 15.7 Å². The Bertz CT molecular complexity index is 1310. The molecule has 0 bridgehead atoms. The molecule has 0 unspecified atom stereocenters. The fourth-order valence-electron chi connectivity index (χ4n) is 3.04. The number of sulfone groups is 1. The number of ether oxygens (including phenoxy) is 1. The molecule has 0 N–H and O–H groups in total. The van der Waals surface area contributed by atoms with E-state index in [4.69, 9.17) is 16.3 Å². The molecule has 0 fully saturated rings. The first-order chi connectivity index (χ1) is 14.8. The van der Waals surface area contributed by atoms with Crippen molar-refractivity contribution in [2.75, 3.05) is 0 Å². The Morgan fingerprint density at radius 3 is 2.34 bits per heavy atom. The van der Waals surface area contributed by atoms with Crippen LogP contribution in [0.1, 0.15) is 36.8 Å². The molecule has 1 aromatic heterocycles. The van der Waals surface area contributed by atoms with Gasteiger partial charge in [0.1, 0.15) is 5.56 Å². The predicted octanol–water partition coefficient (Wildman–Crippen LogP) is 4.56. The minimum absolute atomic E-state index is 0.0115. The fraction of sp³-hybridized carbons (Fsp3) is 0.238. The summed E-state index contributed by atoms with van der Waals surface area (Å²) in [4.78, 5) is 23.3. The number of nitrogens with zero attached hydrogens (tertiary/aromatic N) is 3. The van der Waals surface area contributed by atoms with E-state index in [2.05, 4.69) is 5.10 Å². The number of aromatic nitrogens is 2. The molecule has 0 saturated heterocycles. The molecule has 0 amide bonds. The summed E-state index contributed by atoms with van der Waals surface area (Å²) in [7, 11) is -4.12. The van der Waals surface area contributed by atoms with Crippen molar-refractivity contribution in [1.82, 2.24) is 9.78 Å². The highest BCUT2D eigenvalue weighted by Gasteiger charge is 2.35. The molecule has 0 radical (unpaired) electrons. The number of aryl methyl sites for hydroxylation is 1. The van der Waals surface area contributed by atoms with Crippen LogP contribution in [0, 0.1) is 17.0 Å². The maximum absolute atomic E-state index is 13.4. The van der Waals surface area contributed by atoms with Crippen LogP contribution in [0.4, 0.5) is 5.69 Å². The van der Waals surface area contributed by atoms with E-state index >= 15 is 0 Å². The molecular formula is C21H20ClN3O6S. The highest BCUT2D eigenvalue weighted by molar-refractivity contribution is 7.91. The van der Waals surface area contributed by atoms with E-state index in [0.717, 1.165) is 12.1 Å². The van der Waals surface area contributed by atoms with E-state index in [1.54, 1.807) is 39.0 Å². The SMILES string of the molecule is Cc1nn(C(C)(C)C)c(OC(=O)c2cc(Cl)ccc2[N+](=O)[O-])c1S(=O)(=O)c1ccccc1. The average molecular weight is 478 g/mol. The molecule has 11 heteroatoms. The first kappa shape index (κ1) is 23.4. The number of carbonyl (C=O) groups excluding carboxylic acids is 1. The van der Waals surface area contributed by atoms with Crippen LogP contribution in [0.5, 0.6) is 5.88 Å². The largest absolute Gasteiger partial charge is 0.402 e. The van der Waals surface area contributed by atoms with E-state index in [0.29, 0.717) is 0 Å². The smallest absolute Gasteiger partial charge is 0.351 e. The van der Waals surface area contributed by atoms with Crippen LogP contribution in [0.15, 0.2) is 58.3 Å². The van der Waals surface area contributed by atoms with Gasteiger partial charge in [-0.05, 0) is 52.0 Å². The number of nitro benzene ring substituents is 1. The summed E-state index contributed by atoms with van der Waals surface area (Å²) in [5.74, 6) is -1.47. The van der Waals surface area contributed by atoms with Gasteiger partial charge in [-0.15, -0.1) is 0 Å². The normalized spacial score (nSPS) is 11.9. The minimum atomic E-state index is -4.12.